The Balaban J connectivity index is 1.76. The van der Waals surface area contributed by atoms with Crippen LogP contribution in [0.4, 0.5) is 10.6 Å². The molecule has 0 bridgehead atoms. The third kappa shape index (κ3) is 3.83. The molecule has 2 fully saturated rings. The predicted octanol–water partition coefficient (Wildman–Crippen LogP) is 3.75. The van der Waals surface area contributed by atoms with Crippen LogP contribution >= 0.6 is 0 Å². The Morgan fingerprint density at radius 2 is 2.04 bits per heavy atom. The maximum atomic E-state index is 12.5. The molecule has 3 rings (SSSR count). The molecule has 1 aromatic rings. The number of aromatic nitrogens is 1. The third-order valence-corrected chi connectivity index (χ3v) is 4.42. The van der Waals surface area contributed by atoms with Gasteiger partial charge in [-0.25, -0.2) is 9.78 Å². The maximum absolute atomic E-state index is 12.5. The summed E-state index contributed by atoms with van der Waals surface area (Å²) in [7, 11) is 2.16. The second-order valence-corrected chi connectivity index (χ2v) is 7.67. The molecule has 0 N–H and O–H groups in total. The van der Waals surface area contributed by atoms with Crippen LogP contribution in [0.15, 0.2) is 18.3 Å². The molecule has 0 radical (unpaired) electrons. The van der Waals surface area contributed by atoms with Gasteiger partial charge in [-0.15, -0.1) is 0 Å². The smallest absolute Gasteiger partial charge is 0.416 e. The molecule has 126 valence electrons. The summed E-state index contributed by atoms with van der Waals surface area (Å²) in [5.41, 5.74) is 0.741. The minimum absolute atomic E-state index is 0.234. The van der Waals surface area contributed by atoms with Gasteiger partial charge >= 0.3 is 6.09 Å². The van der Waals surface area contributed by atoms with Crippen molar-refractivity contribution >= 4 is 11.9 Å². The van der Waals surface area contributed by atoms with Gasteiger partial charge in [0.15, 0.2) is 0 Å². The predicted molar refractivity (Wildman–Crippen MR) is 90.6 cm³/mol. The molecule has 1 aliphatic carbocycles. The molecule has 2 heterocycles. The molecule has 1 aliphatic heterocycles. The number of likely N-dealkylation sites (tertiary alicyclic amines) is 1. The van der Waals surface area contributed by atoms with Crippen LogP contribution in [0.3, 0.4) is 0 Å². The number of ether oxygens (including phenoxy) is 1. The second kappa shape index (κ2) is 6.11. The molecule has 5 heteroatoms. The molecule has 1 saturated carbocycles. The van der Waals surface area contributed by atoms with Crippen molar-refractivity contribution in [2.45, 2.75) is 64.1 Å². The zero-order valence-electron chi connectivity index (χ0n) is 14.6. The van der Waals surface area contributed by atoms with Gasteiger partial charge in [-0.3, -0.25) is 9.80 Å². The first kappa shape index (κ1) is 16.2. The van der Waals surface area contributed by atoms with Crippen molar-refractivity contribution in [2.24, 2.45) is 0 Å². The van der Waals surface area contributed by atoms with E-state index in [1.54, 1.807) is 4.90 Å². The molecular weight excluding hydrogens is 290 g/mol. The third-order valence-electron chi connectivity index (χ3n) is 4.42. The Labute approximate surface area is 138 Å². The molecule has 0 aromatic carbocycles. The van der Waals surface area contributed by atoms with E-state index in [0.29, 0.717) is 11.9 Å². The van der Waals surface area contributed by atoms with Gasteiger partial charge in [0.1, 0.15) is 11.4 Å². The van der Waals surface area contributed by atoms with Crippen molar-refractivity contribution in [2.75, 3.05) is 18.5 Å². The van der Waals surface area contributed by atoms with E-state index in [9.17, 15) is 4.79 Å². The van der Waals surface area contributed by atoms with Gasteiger partial charge in [-0.05, 0) is 71.7 Å². The Morgan fingerprint density at radius 3 is 2.52 bits per heavy atom. The molecule has 1 saturated heterocycles. The lowest BCUT2D eigenvalue weighted by Gasteiger charge is -2.27. The first-order valence-corrected chi connectivity index (χ1v) is 8.53. The molecular formula is C18H27N3O2. The van der Waals surface area contributed by atoms with Gasteiger partial charge in [0, 0.05) is 18.3 Å². The van der Waals surface area contributed by atoms with E-state index >= 15 is 0 Å². The zero-order chi connectivity index (χ0) is 16.6. The van der Waals surface area contributed by atoms with Crippen molar-refractivity contribution in [1.82, 2.24) is 9.88 Å². The quantitative estimate of drug-likeness (QED) is 0.851. The summed E-state index contributed by atoms with van der Waals surface area (Å²) in [6, 6.07) is 4.75. The average Bonchev–Trinajstić information content (AvgIpc) is 3.19. The van der Waals surface area contributed by atoms with Crippen molar-refractivity contribution in [1.29, 1.82) is 0 Å². The fraction of sp³-hybridized carbons (Fsp3) is 0.667. The second-order valence-electron chi connectivity index (χ2n) is 7.67. The number of carbonyl (C=O) groups excluding carboxylic acids is 1. The topological polar surface area (TPSA) is 45.7 Å². The summed E-state index contributed by atoms with van der Waals surface area (Å²) in [4.78, 5) is 21.1. The van der Waals surface area contributed by atoms with Crippen LogP contribution in [0, 0.1) is 0 Å². The highest BCUT2D eigenvalue weighted by Crippen LogP contribution is 2.34. The largest absolute Gasteiger partial charge is 0.443 e. The molecule has 2 aliphatic rings. The average molecular weight is 317 g/mol. The maximum Gasteiger partial charge on any atom is 0.416 e. The van der Waals surface area contributed by atoms with Crippen LogP contribution in [0.1, 0.15) is 58.1 Å². The van der Waals surface area contributed by atoms with Gasteiger partial charge in [-0.2, -0.15) is 0 Å². The first-order chi connectivity index (χ1) is 10.8. The van der Waals surface area contributed by atoms with Crippen LogP contribution in [-0.4, -0.2) is 41.2 Å². The van der Waals surface area contributed by atoms with Gasteiger partial charge < -0.3 is 4.74 Å². The Hall–Kier alpha value is -1.62. The van der Waals surface area contributed by atoms with Crippen LogP contribution < -0.4 is 4.90 Å². The van der Waals surface area contributed by atoms with Gasteiger partial charge in [-0.1, -0.05) is 6.07 Å². The van der Waals surface area contributed by atoms with E-state index in [4.69, 9.17) is 4.74 Å². The number of nitrogens with zero attached hydrogens (tertiary/aromatic N) is 3. The monoisotopic (exact) mass is 317 g/mol. The minimum atomic E-state index is -0.489. The lowest BCUT2D eigenvalue weighted by molar-refractivity contribution is 0.0576. The molecule has 23 heavy (non-hydrogen) atoms. The van der Waals surface area contributed by atoms with E-state index in [0.717, 1.165) is 19.4 Å². The lowest BCUT2D eigenvalue weighted by Crippen LogP contribution is -2.38. The van der Waals surface area contributed by atoms with Crippen LogP contribution in [-0.2, 0) is 4.74 Å². The van der Waals surface area contributed by atoms with E-state index in [2.05, 4.69) is 23.0 Å². The summed E-state index contributed by atoms with van der Waals surface area (Å²) in [6.07, 6.45) is 6.08. The van der Waals surface area contributed by atoms with E-state index in [-0.39, 0.29) is 12.1 Å². The Kier molecular flexibility index (Phi) is 4.32. The van der Waals surface area contributed by atoms with Crippen LogP contribution in [0.2, 0.25) is 0 Å². The summed E-state index contributed by atoms with van der Waals surface area (Å²) >= 11 is 0. The van der Waals surface area contributed by atoms with Crippen LogP contribution in [0.5, 0.6) is 0 Å². The first-order valence-electron chi connectivity index (χ1n) is 8.53. The fourth-order valence-electron chi connectivity index (χ4n) is 3.14. The number of carbonyl (C=O) groups is 1. The summed E-state index contributed by atoms with van der Waals surface area (Å²) in [5, 5.41) is 0. The number of pyridine rings is 1. The SMILES string of the molecule is CN1CCC[C@H]1c1ccc(N(C(=O)OC(C)(C)C)C2CC2)nc1. The van der Waals surface area contributed by atoms with Gasteiger partial charge in [0.2, 0.25) is 0 Å². The van der Waals surface area contributed by atoms with Crippen molar-refractivity contribution in [3.05, 3.63) is 23.9 Å². The van der Waals surface area contributed by atoms with E-state index in [1.165, 1.54) is 18.4 Å². The minimum Gasteiger partial charge on any atom is -0.443 e. The standard InChI is InChI=1S/C18H27N3O2/c1-18(2,3)23-17(22)21(14-8-9-14)16-10-7-13(12-19-16)15-6-5-11-20(15)4/h7,10,12,14-15H,5-6,8-9,11H2,1-4H3/t15-/m0/s1. The number of anilines is 1. The molecule has 1 atom stereocenters. The summed E-state index contributed by atoms with van der Waals surface area (Å²) < 4.78 is 5.54. The van der Waals surface area contributed by atoms with Crippen molar-refractivity contribution < 1.29 is 9.53 Å². The fourth-order valence-corrected chi connectivity index (χ4v) is 3.14. The molecule has 1 amide bonds. The normalized spacial score (nSPS) is 22.2. The van der Waals surface area contributed by atoms with Crippen molar-refractivity contribution in [3.8, 4) is 0 Å². The zero-order valence-corrected chi connectivity index (χ0v) is 14.6. The number of amides is 1. The number of rotatable bonds is 3. The Morgan fingerprint density at radius 1 is 1.30 bits per heavy atom. The molecule has 1 aromatic heterocycles. The highest BCUT2D eigenvalue weighted by molar-refractivity contribution is 5.88. The van der Waals surface area contributed by atoms with Crippen LogP contribution in [0.25, 0.3) is 0 Å². The highest BCUT2D eigenvalue weighted by atomic mass is 16.6. The van der Waals surface area contributed by atoms with Gasteiger partial charge in [0.25, 0.3) is 0 Å². The van der Waals surface area contributed by atoms with E-state index in [1.807, 2.05) is 33.0 Å². The van der Waals surface area contributed by atoms with Gasteiger partial charge in [0.05, 0.1) is 0 Å². The Bertz CT molecular complexity index is 561. The molecule has 5 nitrogen and oxygen atoms in total. The summed E-state index contributed by atoms with van der Waals surface area (Å²) in [5.74, 6) is 0.700. The van der Waals surface area contributed by atoms with E-state index < -0.39 is 5.60 Å². The molecule has 0 spiro atoms. The molecule has 0 unspecified atom stereocenters. The van der Waals surface area contributed by atoms with Crippen molar-refractivity contribution in [3.63, 3.8) is 0 Å². The highest BCUT2D eigenvalue weighted by Gasteiger charge is 2.37. The number of hydrogen-bond donors (Lipinski definition) is 0. The number of hydrogen-bond acceptors (Lipinski definition) is 4. The lowest BCUT2D eigenvalue weighted by atomic mass is 10.1. The summed E-state index contributed by atoms with van der Waals surface area (Å²) in [6.45, 7) is 6.81.